The van der Waals surface area contributed by atoms with Crippen molar-refractivity contribution in [3.05, 3.63) is 26.9 Å². The molecule has 2 heterocycles. The van der Waals surface area contributed by atoms with E-state index < -0.39 is 29.1 Å². The molecule has 1 aliphatic heterocycles. The van der Waals surface area contributed by atoms with E-state index in [0.29, 0.717) is 5.56 Å². The van der Waals surface area contributed by atoms with Crippen LogP contribution in [-0.4, -0.2) is 48.3 Å². The van der Waals surface area contributed by atoms with Gasteiger partial charge in [-0.05, 0) is 46.8 Å². The number of hydrogen-bond donors (Lipinski definition) is 4. The van der Waals surface area contributed by atoms with Gasteiger partial charge < -0.3 is 20.1 Å². The first-order valence-electron chi connectivity index (χ1n) is 6.93. The summed E-state index contributed by atoms with van der Waals surface area (Å²) in [6.07, 6.45) is 1.47. The molecule has 8 heteroatoms. The summed E-state index contributed by atoms with van der Waals surface area (Å²) >= 11 is 5.17. The number of aryl methyl sites for hydroxylation is 1. The predicted octanol–water partition coefficient (Wildman–Crippen LogP) is 0.170. The number of nitrogens with one attached hydrogen (secondary N) is 1. The van der Waals surface area contributed by atoms with Crippen LogP contribution >= 0.6 is 12.2 Å². The Kier molecular flexibility index (Phi) is 3.71. The van der Waals surface area contributed by atoms with Crippen molar-refractivity contribution in [3.63, 3.8) is 0 Å². The number of hydrogen-bond acceptors (Lipinski definition) is 6. The van der Waals surface area contributed by atoms with Gasteiger partial charge in [-0.2, -0.15) is 0 Å². The molecule has 7 nitrogen and oxygen atoms in total. The van der Waals surface area contributed by atoms with Gasteiger partial charge >= 0.3 is 0 Å². The van der Waals surface area contributed by atoms with Gasteiger partial charge in [0.15, 0.2) is 10.5 Å². The Morgan fingerprint density at radius 2 is 1.82 bits per heavy atom. The van der Waals surface area contributed by atoms with Gasteiger partial charge in [0.05, 0.1) is 6.61 Å². The van der Waals surface area contributed by atoms with Gasteiger partial charge in [0, 0.05) is 11.8 Å². The fourth-order valence-electron chi connectivity index (χ4n) is 2.96. The third-order valence-corrected chi connectivity index (χ3v) is 5.49. The molecule has 1 aromatic rings. The highest BCUT2D eigenvalue weighted by molar-refractivity contribution is 7.71. The SMILES string of the molecule is Cc1cn(C2(C)OC(C)(CO)C(C)(O)C2(C)O)c(=S)[nH]c1=O. The summed E-state index contributed by atoms with van der Waals surface area (Å²) in [5.41, 5.74) is -6.40. The summed E-state index contributed by atoms with van der Waals surface area (Å²) in [6, 6.07) is 0. The molecule has 0 spiro atoms. The van der Waals surface area contributed by atoms with Gasteiger partial charge in [0.1, 0.15) is 16.8 Å². The van der Waals surface area contributed by atoms with Crippen LogP contribution in [0.5, 0.6) is 0 Å². The lowest BCUT2D eigenvalue weighted by Crippen LogP contribution is -2.63. The molecule has 1 aromatic heterocycles. The van der Waals surface area contributed by atoms with Crippen LogP contribution < -0.4 is 5.56 Å². The average molecular weight is 330 g/mol. The Hall–Kier alpha value is -1.06. The van der Waals surface area contributed by atoms with Crippen molar-refractivity contribution in [1.82, 2.24) is 9.55 Å². The van der Waals surface area contributed by atoms with Crippen LogP contribution in [0.25, 0.3) is 0 Å². The first kappa shape index (κ1) is 17.3. The molecule has 1 saturated heterocycles. The van der Waals surface area contributed by atoms with E-state index in [1.165, 1.54) is 31.5 Å². The number of aromatic amines is 1. The number of aliphatic hydroxyl groups excluding tert-OH is 1. The largest absolute Gasteiger partial charge is 0.393 e. The summed E-state index contributed by atoms with van der Waals surface area (Å²) in [4.78, 5) is 14.2. The van der Waals surface area contributed by atoms with Crippen molar-refractivity contribution in [1.29, 1.82) is 0 Å². The number of nitrogens with zero attached hydrogens (tertiary/aromatic N) is 1. The second-order valence-corrected chi connectivity index (χ2v) is 6.95. The Bertz CT molecular complexity index is 723. The normalized spacial score (nSPS) is 41.8. The molecule has 124 valence electrons. The zero-order chi connectivity index (χ0) is 17.1. The maximum absolute atomic E-state index is 11.7. The van der Waals surface area contributed by atoms with Crippen molar-refractivity contribution in [2.75, 3.05) is 6.61 Å². The molecule has 1 fully saturated rings. The summed E-state index contributed by atoms with van der Waals surface area (Å²) in [7, 11) is 0. The highest BCUT2D eigenvalue weighted by atomic mass is 32.1. The monoisotopic (exact) mass is 330 g/mol. The van der Waals surface area contributed by atoms with Crippen LogP contribution in [0.3, 0.4) is 0 Å². The fourth-order valence-corrected chi connectivity index (χ4v) is 3.28. The maximum atomic E-state index is 11.7. The van der Waals surface area contributed by atoms with Crippen LogP contribution in [-0.2, 0) is 10.5 Å². The lowest BCUT2D eigenvalue weighted by molar-refractivity contribution is -0.195. The molecular weight excluding hydrogens is 308 g/mol. The van der Waals surface area contributed by atoms with Gasteiger partial charge in [0.2, 0.25) is 0 Å². The number of ether oxygens (including phenoxy) is 1. The summed E-state index contributed by atoms with van der Waals surface area (Å²) in [6.45, 7) is 6.97. The maximum Gasteiger partial charge on any atom is 0.254 e. The van der Waals surface area contributed by atoms with Crippen LogP contribution in [0.15, 0.2) is 11.0 Å². The van der Waals surface area contributed by atoms with Crippen molar-refractivity contribution in [3.8, 4) is 0 Å². The number of H-pyrrole nitrogens is 1. The summed E-state index contributed by atoms with van der Waals surface area (Å²) in [5.74, 6) is 0. The first-order valence-corrected chi connectivity index (χ1v) is 7.34. The highest BCUT2D eigenvalue weighted by Crippen LogP contribution is 2.54. The minimum absolute atomic E-state index is 0.0522. The van der Waals surface area contributed by atoms with Gasteiger partial charge in [-0.1, -0.05) is 0 Å². The molecule has 0 amide bonds. The molecule has 1 aliphatic rings. The van der Waals surface area contributed by atoms with Crippen molar-refractivity contribution in [2.45, 2.75) is 57.1 Å². The minimum Gasteiger partial charge on any atom is -0.393 e. The fraction of sp³-hybridized carbons (Fsp3) is 0.714. The van der Waals surface area contributed by atoms with E-state index in [0.717, 1.165) is 0 Å². The van der Waals surface area contributed by atoms with E-state index in [-0.39, 0.29) is 10.3 Å². The topological polar surface area (TPSA) is 108 Å². The Morgan fingerprint density at radius 3 is 2.27 bits per heavy atom. The quantitative estimate of drug-likeness (QED) is 0.576. The van der Waals surface area contributed by atoms with Crippen LogP contribution in [0.4, 0.5) is 0 Å². The second kappa shape index (κ2) is 4.72. The van der Waals surface area contributed by atoms with Crippen LogP contribution in [0.2, 0.25) is 0 Å². The molecular formula is C14H22N2O5S. The van der Waals surface area contributed by atoms with Gasteiger partial charge in [-0.25, -0.2) is 0 Å². The van der Waals surface area contributed by atoms with E-state index in [1.807, 2.05) is 0 Å². The third kappa shape index (κ3) is 1.88. The molecule has 0 saturated carbocycles. The van der Waals surface area contributed by atoms with Gasteiger partial charge in [0.25, 0.3) is 5.56 Å². The molecule has 4 unspecified atom stereocenters. The standard InChI is InChI=1S/C14H22N2O5S/c1-8-6-16(10(22)15-9(8)18)14(5)13(4,20)12(3,19)11(2,7-17)21-14/h6,17,19-20H,7H2,1-5H3,(H,15,18,22). The molecule has 0 aromatic carbocycles. The lowest BCUT2D eigenvalue weighted by atomic mass is 9.73. The number of aromatic nitrogens is 2. The summed E-state index contributed by atoms with van der Waals surface area (Å²) < 4.78 is 7.35. The minimum atomic E-state index is -1.79. The lowest BCUT2D eigenvalue weighted by Gasteiger charge is -2.42. The van der Waals surface area contributed by atoms with Gasteiger partial charge in [-0.15, -0.1) is 0 Å². The molecule has 2 rings (SSSR count). The smallest absolute Gasteiger partial charge is 0.254 e. The predicted molar refractivity (Wildman–Crippen MR) is 82.1 cm³/mol. The molecule has 0 aliphatic carbocycles. The van der Waals surface area contributed by atoms with E-state index in [1.54, 1.807) is 13.8 Å². The average Bonchev–Trinajstić information content (AvgIpc) is 2.51. The Labute approximate surface area is 133 Å². The second-order valence-electron chi connectivity index (χ2n) is 6.56. The van der Waals surface area contributed by atoms with Crippen molar-refractivity contribution < 1.29 is 20.1 Å². The molecule has 22 heavy (non-hydrogen) atoms. The van der Waals surface area contributed by atoms with Crippen LogP contribution in [0.1, 0.15) is 33.3 Å². The first-order chi connectivity index (χ1) is 9.84. The molecule has 0 bridgehead atoms. The summed E-state index contributed by atoms with van der Waals surface area (Å²) in [5, 5.41) is 31.5. The van der Waals surface area contributed by atoms with E-state index in [2.05, 4.69) is 4.98 Å². The number of aliphatic hydroxyl groups is 3. The van der Waals surface area contributed by atoms with E-state index >= 15 is 0 Å². The van der Waals surface area contributed by atoms with Crippen LogP contribution in [0, 0.1) is 11.7 Å². The zero-order valence-electron chi connectivity index (χ0n) is 13.3. The zero-order valence-corrected chi connectivity index (χ0v) is 14.1. The Morgan fingerprint density at radius 1 is 1.27 bits per heavy atom. The van der Waals surface area contributed by atoms with Gasteiger partial charge in [-0.3, -0.25) is 14.3 Å². The van der Waals surface area contributed by atoms with E-state index in [9.17, 15) is 20.1 Å². The third-order valence-electron chi connectivity index (χ3n) is 5.19. The van der Waals surface area contributed by atoms with Crippen molar-refractivity contribution >= 4 is 12.2 Å². The van der Waals surface area contributed by atoms with Crippen molar-refractivity contribution in [2.24, 2.45) is 0 Å². The molecule has 4 N–H and O–H groups in total. The Balaban J connectivity index is 2.77. The highest BCUT2D eigenvalue weighted by Gasteiger charge is 2.72. The number of rotatable bonds is 2. The molecule has 0 radical (unpaired) electrons. The molecule has 4 atom stereocenters. The van der Waals surface area contributed by atoms with E-state index in [4.69, 9.17) is 17.0 Å².